The molecule has 2 heterocycles. The Morgan fingerprint density at radius 3 is 2.25 bits per heavy atom. The van der Waals surface area contributed by atoms with Gasteiger partial charge in [-0.2, -0.15) is 0 Å². The Kier molecular flexibility index (Phi) is 8.40. The molecule has 0 radical (unpaired) electrons. The number of hydrogen-bond donors (Lipinski definition) is 3. The minimum atomic E-state index is -1.56. The van der Waals surface area contributed by atoms with Gasteiger partial charge < -0.3 is 35.2 Å². The van der Waals surface area contributed by atoms with Crippen molar-refractivity contribution in [2.75, 3.05) is 32.8 Å². The van der Waals surface area contributed by atoms with E-state index in [4.69, 9.17) is 15.2 Å². The molecule has 2 fully saturated rings. The van der Waals surface area contributed by atoms with E-state index < -0.39 is 47.8 Å². The van der Waals surface area contributed by atoms with Crippen LogP contribution in [0.1, 0.15) is 61.0 Å². The van der Waals surface area contributed by atoms with Gasteiger partial charge in [-0.15, -0.1) is 0 Å². The quantitative estimate of drug-likeness (QED) is 0.390. The zero-order chi connectivity index (χ0) is 29.0. The molecule has 1 saturated carbocycles. The largest absolute Gasteiger partial charge is 0.481 e. The number of piperazine rings is 1. The fraction of sp³-hybridized carbons (Fsp3) is 0.481. The number of nitrogens with zero attached hydrogens (tertiary/aromatic N) is 3. The summed E-state index contributed by atoms with van der Waals surface area (Å²) in [4.78, 5) is 70.1. The summed E-state index contributed by atoms with van der Waals surface area (Å²) < 4.78 is 11.1. The Morgan fingerprint density at radius 1 is 1.05 bits per heavy atom. The minimum absolute atomic E-state index is 0.0693. The Balaban J connectivity index is 1.78. The molecule has 13 nitrogen and oxygen atoms in total. The molecule has 214 valence electrons. The van der Waals surface area contributed by atoms with Crippen LogP contribution in [0.15, 0.2) is 24.3 Å². The van der Waals surface area contributed by atoms with Gasteiger partial charge in [-0.05, 0) is 44.7 Å². The summed E-state index contributed by atoms with van der Waals surface area (Å²) >= 11 is 0. The number of rotatable bonds is 10. The molecule has 0 bridgehead atoms. The van der Waals surface area contributed by atoms with Crippen molar-refractivity contribution < 1.29 is 43.7 Å². The van der Waals surface area contributed by atoms with Crippen molar-refractivity contribution in [3.63, 3.8) is 0 Å². The highest BCUT2D eigenvalue weighted by Crippen LogP contribution is 2.43. The summed E-state index contributed by atoms with van der Waals surface area (Å²) in [7, 11) is 0. The van der Waals surface area contributed by atoms with Gasteiger partial charge >= 0.3 is 18.0 Å². The maximum atomic E-state index is 13.9. The lowest BCUT2D eigenvalue weighted by molar-refractivity contribution is -0.163. The number of aromatic nitrogens is 1. The van der Waals surface area contributed by atoms with E-state index in [1.807, 2.05) is 0 Å². The van der Waals surface area contributed by atoms with E-state index >= 15 is 0 Å². The van der Waals surface area contributed by atoms with Gasteiger partial charge in [0, 0.05) is 38.0 Å². The third-order valence-corrected chi connectivity index (χ3v) is 7.36. The lowest BCUT2D eigenvalue weighted by Crippen LogP contribution is -2.52. The zero-order valence-electron chi connectivity index (χ0n) is 22.1. The fourth-order valence-electron chi connectivity index (χ4n) is 5.04. The van der Waals surface area contributed by atoms with Gasteiger partial charge in [0.15, 0.2) is 0 Å². The molecule has 1 aliphatic carbocycles. The summed E-state index contributed by atoms with van der Waals surface area (Å²) in [6.07, 6.45) is -0.0276. The molecular formula is C27H32N4O9. The van der Waals surface area contributed by atoms with Crippen LogP contribution in [0, 0.1) is 0 Å². The molecule has 0 spiro atoms. The number of pyridine rings is 1. The van der Waals surface area contributed by atoms with Crippen LogP contribution < -0.4 is 10.5 Å². The maximum Gasteiger partial charge on any atom is 0.409 e. The molecule has 4 N–H and O–H groups in total. The second-order valence-electron chi connectivity index (χ2n) is 9.83. The van der Waals surface area contributed by atoms with E-state index in [0.29, 0.717) is 17.3 Å². The van der Waals surface area contributed by atoms with Gasteiger partial charge in [-0.3, -0.25) is 19.4 Å². The molecule has 1 unspecified atom stereocenters. The van der Waals surface area contributed by atoms with Crippen molar-refractivity contribution >= 4 is 40.7 Å². The number of primary amides is 1. The number of amides is 3. The number of nitrogens with two attached hydrogens (primary N) is 1. The van der Waals surface area contributed by atoms with E-state index in [-0.39, 0.29) is 69.1 Å². The van der Waals surface area contributed by atoms with Crippen molar-refractivity contribution in [2.24, 2.45) is 5.73 Å². The normalized spacial score (nSPS) is 17.0. The summed E-state index contributed by atoms with van der Waals surface area (Å²) in [5.41, 5.74) is 4.26. The van der Waals surface area contributed by atoms with Crippen LogP contribution in [0.5, 0.6) is 5.75 Å². The Labute approximate surface area is 229 Å². The van der Waals surface area contributed by atoms with Gasteiger partial charge in [0.1, 0.15) is 11.3 Å². The number of ether oxygens (including phenoxy) is 2. The smallest absolute Gasteiger partial charge is 0.409 e. The van der Waals surface area contributed by atoms with Crippen molar-refractivity contribution in [2.45, 2.75) is 50.5 Å². The average Bonchev–Trinajstić information content (AvgIpc) is 2.90. The Morgan fingerprint density at radius 2 is 1.70 bits per heavy atom. The molecule has 1 aromatic carbocycles. The first-order valence-corrected chi connectivity index (χ1v) is 13.1. The summed E-state index contributed by atoms with van der Waals surface area (Å²) in [6, 6.07) is 6.60. The highest BCUT2D eigenvalue weighted by Gasteiger charge is 2.48. The molecule has 1 aromatic heterocycles. The minimum Gasteiger partial charge on any atom is -0.481 e. The van der Waals surface area contributed by atoms with Gasteiger partial charge in [-0.25, -0.2) is 9.59 Å². The van der Waals surface area contributed by atoms with E-state index in [0.717, 1.165) is 0 Å². The number of carbonyl (C=O) groups is 5. The van der Waals surface area contributed by atoms with Crippen molar-refractivity contribution in [1.82, 2.24) is 14.8 Å². The second-order valence-corrected chi connectivity index (χ2v) is 9.83. The molecular weight excluding hydrogens is 524 g/mol. The van der Waals surface area contributed by atoms with Crippen LogP contribution in [-0.4, -0.2) is 93.2 Å². The number of carboxylic acids is 2. The number of fused-ring (bicyclic) bond motifs is 1. The van der Waals surface area contributed by atoms with E-state index in [2.05, 4.69) is 4.98 Å². The molecule has 13 heteroatoms. The van der Waals surface area contributed by atoms with Gasteiger partial charge in [0.05, 0.1) is 23.7 Å². The molecule has 2 aromatic rings. The third kappa shape index (κ3) is 5.63. The van der Waals surface area contributed by atoms with Crippen molar-refractivity contribution in [3.8, 4) is 5.75 Å². The SMILES string of the molecule is CCOC(=O)N1CCN(C(=O)C(CCC(=O)O)c2nc3ccccc3c(OC3(C(=O)O)CCC3)c2C(N)=O)CC1. The molecule has 1 atom stereocenters. The molecule has 1 saturated heterocycles. The molecule has 40 heavy (non-hydrogen) atoms. The first-order chi connectivity index (χ1) is 19.1. The summed E-state index contributed by atoms with van der Waals surface area (Å²) in [5.74, 6) is -5.09. The van der Waals surface area contributed by atoms with E-state index in [1.54, 1.807) is 31.2 Å². The van der Waals surface area contributed by atoms with Crippen LogP contribution in [-0.2, 0) is 19.1 Å². The molecule has 3 amide bonds. The van der Waals surface area contributed by atoms with Crippen LogP contribution >= 0.6 is 0 Å². The molecule has 1 aliphatic heterocycles. The van der Waals surface area contributed by atoms with Crippen molar-refractivity contribution in [1.29, 1.82) is 0 Å². The van der Waals surface area contributed by atoms with Crippen molar-refractivity contribution in [3.05, 3.63) is 35.5 Å². The van der Waals surface area contributed by atoms with Gasteiger partial charge in [-0.1, -0.05) is 12.1 Å². The second kappa shape index (κ2) is 11.8. The van der Waals surface area contributed by atoms with Gasteiger partial charge in [0.25, 0.3) is 5.91 Å². The lowest BCUT2D eigenvalue weighted by Gasteiger charge is -2.39. The first kappa shape index (κ1) is 28.6. The van der Waals surface area contributed by atoms with Crippen LogP contribution in [0.2, 0.25) is 0 Å². The monoisotopic (exact) mass is 556 g/mol. The third-order valence-electron chi connectivity index (χ3n) is 7.36. The van der Waals surface area contributed by atoms with E-state index in [1.165, 1.54) is 9.80 Å². The highest BCUT2D eigenvalue weighted by molar-refractivity contribution is 6.05. The lowest BCUT2D eigenvalue weighted by atomic mass is 9.80. The number of benzene rings is 1. The maximum absolute atomic E-state index is 13.9. The Hall–Kier alpha value is -4.42. The first-order valence-electron chi connectivity index (χ1n) is 13.1. The van der Waals surface area contributed by atoms with Crippen LogP contribution in [0.3, 0.4) is 0 Å². The number of hydrogen-bond acceptors (Lipinski definition) is 8. The predicted molar refractivity (Wildman–Crippen MR) is 140 cm³/mol. The van der Waals surface area contributed by atoms with Crippen LogP contribution in [0.25, 0.3) is 10.9 Å². The number of aliphatic carboxylic acids is 2. The number of carbonyl (C=O) groups excluding carboxylic acids is 3. The van der Waals surface area contributed by atoms with E-state index in [9.17, 15) is 34.2 Å². The zero-order valence-corrected chi connectivity index (χ0v) is 22.1. The topological polar surface area (TPSA) is 190 Å². The standard InChI is InChI=1S/C27H32N4O9/c1-2-39-26(38)31-14-12-30(13-15-31)24(35)17(8-9-19(32)33)21-20(23(28)34)22(16-6-3-4-7-18(16)29-21)40-27(25(36)37)10-5-11-27/h3-4,6-7,17H,2,5,8-15H2,1H3,(H2,28,34)(H,32,33)(H,36,37). The summed E-state index contributed by atoms with van der Waals surface area (Å²) in [5, 5.41) is 19.7. The highest BCUT2D eigenvalue weighted by atomic mass is 16.6. The number of para-hydroxylation sites is 1. The molecule has 4 rings (SSSR count). The van der Waals surface area contributed by atoms with Crippen LogP contribution in [0.4, 0.5) is 4.79 Å². The summed E-state index contributed by atoms with van der Waals surface area (Å²) in [6.45, 7) is 2.64. The molecule has 2 aliphatic rings. The average molecular weight is 557 g/mol. The fourth-order valence-corrected chi connectivity index (χ4v) is 5.04. The number of carboxylic acid groups (broad SMARTS) is 2. The Bertz CT molecular complexity index is 1330. The predicted octanol–water partition coefficient (Wildman–Crippen LogP) is 1.97. The van der Waals surface area contributed by atoms with Gasteiger partial charge in [0.2, 0.25) is 11.5 Å².